The van der Waals surface area contributed by atoms with Crippen LogP contribution in [0.2, 0.25) is 0 Å². The van der Waals surface area contributed by atoms with E-state index in [0.717, 1.165) is 0 Å². The molecule has 40 heavy (non-hydrogen) atoms. The van der Waals surface area contributed by atoms with Gasteiger partial charge in [0.05, 0.1) is 26.2 Å². The Kier molecular flexibility index (Phi) is 9.31. The first-order valence-corrected chi connectivity index (χ1v) is 13.3. The van der Waals surface area contributed by atoms with Crippen LogP contribution in [0.25, 0.3) is 0 Å². The number of methoxy groups -OCH3 is 1. The molecule has 2 aliphatic heterocycles. The summed E-state index contributed by atoms with van der Waals surface area (Å²) in [5, 5.41) is 10.4. The second-order valence-electron chi connectivity index (χ2n) is 9.79. The molecule has 2 N–H and O–H groups in total. The molecule has 2 aliphatic rings. The Labute approximate surface area is 233 Å². The maximum Gasteiger partial charge on any atom is 0.272 e. The number of aryl methyl sites for hydroxylation is 1. The summed E-state index contributed by atoms with van der Waals surface area (Å²) < 4.78 is 13.1. The standard InChI is InChI=1S/C28H35N7O5/c1-18(2)25-26-31-19(3)33-35(26)14-15-40-22-10-9-20(16-23(22)39-4)27(37)30-12-7-13-34(17-24(36)32-25)28(38)21-8-5-6-11-29-21/h5-6,8-11,16,18,25H,7,12-15,17H2,1-4H3,(H,30,37)(H,32,36)/t25-/m0/s1. The van der Waals surface area contributed by atoms with Crippen LogP contribution in [-0.4, -0.2) is 75.7 Å². The van der Waals surface area contributed by atoms with Crippen LogP contribution in [-0.2, 0) is 11.3 Å². The average molecular weight is 550 g/mol. The Balaban J connectivity index is 1.65. The minimum atomic E-state index is -0.448. The van der Waals surface area contributed by atoms with Crippen molar-refractivity contribution >= 4 is 17.7 Å². The maximum absolute atomic E-state index is 13.3. The molecule has 1 aromatic carbocycles. The third kappa shape index (κ3) is 6.93. The number of nitrogens with one attached hydrogen (secondary N) is 2. The highest BCUT2D eigenvalue weighted by Crippen LogP contribution is 2.28. The Bertz CT molecular complexity index is 1340. The second kappa shape index (κ2) is 13.0. The molecular weight excluding hydrogens is 514 g/mol. The van der Waals surface area contributed by atoms with Gasteiger partial charge in [-0.3, -0.25) is 19.4 Å². The van der Waals surface area contributed by atoms with E-state index in [4.69, 9.17) is 9.47 Å². The van der Waals surface area contributed by atoms with E-state index >= 15 is 0 Å². The summed E-state index contributed by atoms with van der Waals surface area (Å²) in [6, 6.07) is 9.59. The number of benzene rings is 1. The maximum atomic E-state index is 13.3. The fourth-order valence-electron chi connectivity index (χ4n) is 4.44. The smallest absolute Gasteiger partial charge is 0.272 e. The number of carbonyl (C=O) groups excluding carboxylic acids is 3. The molecule has 1 atom stereocenters. The van der Waals surface area contributed by atoms with Crippen LogP contribution in [0.15, 0.2) is 42.6 Å². The van der Waals surface area contributed by atoms with E-state index in [-0.39, 0.29) is 49.0 Å². The molecular formula is C28H35N7O5. The largest absolute Gasteiger partial charge is 0.493 e. The average Bonchev–Trinajstić information content (AvgIpc) is 3.32. The van der Waals surface area contributed by atoms with Crippen molar-refractivity contribution in [2.75, 3.05) is 33.4 Å². The molecule has 3 aromatic rings. The van der Waals surface area contributed by atoms with Crippen LogP contribution in [0.5, 0.6) is 11.5 Å². The molecule has 212 valence electrons. The van der Waals surface area contributed by atoms with Gasteiger partial charge in [0.2, 0.25) is 5.91 Å². The summed E-state index contributed by atoms with van der Waals surface area (Å²) in [5.41, 5.74) is 0.651. The first-order chi connectivity index (χ1) is 19.3. The fourth-order valence-corrected chi connectivity index (χ4v) is 4.44. The number of ether oxygens (including phenoxy) is 2. The van der Waals surface area contributed by atoms with E-state index < -0.39 is 6.04 Å². The molecule has 12 nitrogen and oxygen atoms in total. The zero-order chi connectivity index (χ0) is 28.6. The summed E-state index contributed by atoms with van der Waals surface area (Å²) in [7, 11) is 1.52. The van der Waals surface area contributed by atoms with Crippen LogP contribution in [0, 0.1) is 12.8 Å². The number of nitrogens with zero attached hydrogens (tertiary/aromatic N) is 5. The molecule has 0 aliphatic carbocycles. The molecule has 4 heterocycles. The van der Waals surface area contributed by atoms with Crippen molar-refractivity contribution < 1.29 is 23.9 Å². The van der Waals surface area contributed by atoms with E-state index in [1.165, 1.54) is 18.2 Å². The molecule has 0 saturated carbocycles. The SMILES string of the molecule is COc1cc2ccc1OCCn1nc(C)nc1[C@H](C(C)C)NC(=O)CN(C(=O)c1ccccn1)CCCNC2=O. The number of hydrogen-bond acceptors (Lipinski definition) is 8. The molecule has 0 unspecified atom stereocenters. The molecule has 0 radical (unpaired) electrons. The summed E-state index contributed by atoms with van der Waals surface area (Å²) in [6.45, 7) is 6.73. The monoisotopic (exact) mass is 549 g/mol. The molecule has 0 spiro atoms. The van der Waals surface area contributed by atoms with Gasteiger partial charge in [-0.15, -0.1) is 0 Å². The Hall–Kier alpha value is -4.48. The number of hydrogen-bond donors (Lipinski definition) is 2. The lowest BCUT2D eigenvalue weighted by Crippen LogP contribution is -2.44. The first-order valence-electron chi connectivity index (χ1n) is 13.3. The van der Waals surface area contributed by atoms with Crippen LogP contribution < -0.4 is 20.1 Å². The highest BCUT2D eigenvalue weighted by molar-refractivity contribution is 5.95. The number of amides is 3. The molecule has 5 rings (SSSR count). The van der Waals surface area contributed by atoms with Crippen LogP contribution in [0.4, 0.5) is 0 Å². The van der Waals surface area contributed by atoms with Crippen molar-refractivity contribution in [1.29, 1.82) is 0 Å². The lowest BCUT2D eigenvalue weighted by atomic mass is 10.0. The highest BCUT2D eigenvalue weighted by atomic mass is 16.5. The van der Waals surface area contributed by atoms with Gasteiger partial charge in [-0.25, -0.2) is 9.67 Å². The summed E-state index contributed by atoms with van der Waals surface area (Å²) >= 11 is 0. The number of pyridine rings is 1. The van der Waals surface area contributed by atoms with Gasteiger partial charge in [-0.1, -0.05) is 19.9 Å². The van der Waals surface area contributed by atoms with Crippen LogP contribution in [0.1, 0.15) is 58.8 Å². The molecule has 3 amide bonds. The number of carbonyl (C=O) groups is 3. The predicted molar refractivity (Wildman–Crippen MR) is 146 cm³/mol. The number of fused-ring (bicyclic) bond motifs is 13. The molecule has 2 bridgehead atoms. The van der Waals surface area contributed by atoms with Gasteiger partial charge in [0.1, 0.15) is 23.9 Å². The van der Waals surface area contributed by atoms with E-state index in [2.05, 4.69) is 25.7 Å². The lowest BCUT2D eigenvalue weighted by molar-refractivity contribution is -0.123. The number of rotatable bonds is 3. The van der Waals surface area contributed by atoms with Crippen molar-refractivity contribution in [2.24, 2.45) is 5.92 Å². The van der Waals surface area contributed by atoms with Gasteiger partial charge in [-0.2, -0.15) is 5.10 Å². The van der Waals surface area contributed by atoms with Crippen LogP contribution in [0.3, 0.4) is 0 Å². The van der Waals surface area contributed by atoms with Gasteiger partial charge in [0.15, 0.2) is 11.5 Å². The number of aromatic nitrogens is 4. The third-order valence-electron chi connectivity index (χ3n) is 6.45. The van der Waals surface area contributed by atoms with Crippen molar-refractivity contribution in [2.45, 2.75) is 39.8 Å². The molecule has 2 aromatic heterocycles. The topological polar surface area (TPSA) is 141 Å². The van der Waals surface area contributed by atoms with Gasteiger partial charge < -0.3 is 25.0 Å². The van der Waals surface area contributed by atoms with Gasteiger partial charge in [0, 0.05) is 24.8 Å². The molecule has 0 saturated heterocycles. The predicted octanol–water partition coefficient (Wildman–Crippen LogP) is 2.16. The van der Waals surface area contributed by atoms with Crippen molar-refractivity contribution in [3.05, 3.63) is 65.5 Å². The quantitative estimate of drug-likeness (QED) is 0.507. The Morgan fingerprint density at radius 3 is 2.73 bits per heavy atom. The lowest BCUT2D eigenvalue weighted by Gasteiger charge is -2.26. The van der Waals surface area contributed by atoms with Crippen molar-refractivity contribution in [1.82, 2.24) is 35.3 Å². The van der Waals surface area contributed by atoms with Gasteiger partial charge in [-0.05, 0) is 49.6 Å². The summed E-state index contributed by atoms with van der Waals surface area (Å²) in [6.07, 6.45) is 1.96. The van der Waals surface area contributed by atoms with Gasteiger partial charge >= 0.3 is 0 Å². The highest BCUT2D eigenvalue weighted by Gasteiger charge is 2.27. The Morgan fingerprint density at radius 1 is 1.18 bits per heavy atom. The van der Waals surface area contributed by atoms with Crippen LogP contribution >= 0.6 is 0 Å². The zero-order valence-corrected chi connectivity index (χ0v) is 23.2. The first kappa shape index (κ1) is 28.5. The van der Waals surface area contributed by atoms with Crippen molar-refractivity contribution in [3.8, 4) is 11.5 Å². The van der Waals surface area contributed by atoms with E-state index in [1.54, 1.807) is 48.0 Å². The summed E-state index contributed by atoms with van der Waals surface area (Å²) in [4.78, 5) is 49.6. The second-order valence-corrected chi connectivity index (χ2v) is 9.79. The van der Waals surface area contributed by atoms with E-state index in [1.807, 2.05) is 13.8 Å². The summed E-state index contributed by atoms with van der Waals surface area (Å²) in [5.74, 6) is 1.09. The van der Waals surface area contributed by atoms with E-state index in [9.17, 15) is 14.4 Å². The Morgan fingerprint density at radius 2 is 2.00 bits per heavy atom. The minimum absolute atomic E-state index is 0.0101. The van der Waals surface area contributed by atoms with Gasteiger partial charge in [0.25, 0.3) is 11.8 Å². The zero-order valence-electron chi connectivity index (χ0n) is 23.2. The molecule has 0 fully saturated rings. The van der Waals surface area contributed by atoms with Crippen molar-refractivity contribution in [3.63, 3.8) is 0 Å². The third-order valence-corrected chi connectivity index (χ3v) is 6.45. The normalized spacial score (nSPS) is 17.1. The molecule has 12 heteroatoms. The minimum Gasteiger partial charge on any atom is -0.493 e. The fraction of sp³-hybridized carbons (Fsp3) is 0.429. The van der Waals surface area contributed by atoms with E-state index in [0.29, 0.717) is 48.2 Å².